The van der Waals surface area contributed by atoms with Gasteiger partial charge in [-0.1, -0.05) is 6.07 Å². The number of carbonyl (C=O) groups is 1. The molecule has 2 heterocycles. The van der Waals surface area contributed by atoms with Gasteiger partial charge in [-0.3, -0.25) is 9.69 Å². The first-order chi connectivity index (χ1) is 13.2. The first-order valence-corrected chi connectivity index (χ1v) is 10.5. The van der Waals surface area contributed by atoms with Crippen LogP contribution in [-0.2, 0) is 21.3 Å². The van der Waals surface area contributed by atoms with Gasteiger partial charge in [-0.25, -0.2) is 0 Å². The van der Waals surface area contributed by atoms with Gasteiger partial charge in [0.05, 0.1) is 19.8 Å². The molecule has 0 aromatic heterocycles. The van der Waals surface area contributed by atoms with Crippen LogP contribution < -0.4 is 5.73 Å². The highest BCUT2D eigenvalue weighted by Gasteiger charge is 2.53. The monoisotopic (exact) mass is 370 g/mol. The Hall–Kier alpha value is -1.43. The van der Waals surface area contributed by atoms with E-state index in [1.165, 1.54) is 30.5 Å². The molecule has 2 aliphatic carbocycles. The summed E-state index contributed by atoms with van der Waals surface area (Å²) in [6.45, 7) is 5.22. The molecule has 1 amide bonds. The second-order valence-electron chi connectivity index (χ2n) is 8.91. The third-order valence-electron chi connectivity index (χ3n) is 7.34. The molecule has 0 spiro atoms. The molecule has 27 heavy (non-hydrogen) atoms. The highest BCUT2D eigenvalue weighted by Crippen LogP contribution is 2.51. The number of primary amides is 1. The lowest BCUT2D eigenvalue weighted by Gasteiger charge is -2.57. The molecular formula is C22H30N2O3. The fraction of sp³-hybridized carbons (Fsp3) is 0.682. The molecule has 146 valence electrons. The zero-order chi connectivity index (χ0) is 18.4. The van der Waals surface area contributed by atoms with Crippen molar-refractivity contribution in [3.05, 3.63) is 34.9 Å². The summed E-state index contributed by atoms with van der Waals surface area (Å²) in [6.07, 6.45) is 6.01. The van der Waals surface area contributed by atoms with E-state index in [0.717, 1.165) is 44.9 Å². The van der Waals surface area contributed by atoms with Crippen LogP contribution in [0.4, 0.5) is 0 Å². The fourth-order valence-corrected chi connectivity index (χ4v) is 5.79. The lowest BCUT2D eigenvalue weighted by atomic mass is 9.56. The normalized spacial score (nSPS) is 33.9. The molecule has 2 saturated heterocycles. The molecule has 5 rings (SSSR count). The van der Waals surface area contributed by atoms with Gasteiger partial charge in [0.1, 0.15) is 0 Å². The Labute approximate surface area is 161 Å². The Kier molecular flexibility index (Phi) is 4.49. The molecule has 2 aliphatic heterocycles. The molecule has 2 bridgehead atoms. The van der Waals surface area contributed by atoms with E-state index in [2.05, 4.69) is 17.0 Å². The topological polar surface area (TPSA) is 64.8 Å². The third kappa shape index (κ3) is 3.10. The Balaban J connectivity index is 1.58. The number of ether oxygens (including phenoxy) is 2. The molecule has 5 heteroatoms. The Morgan fingerprint density at radius 1 is 1.19 bits per heavy atom. The van der Waals surface area contributed by atoms with Crippen molar-refractivity contribution < 1.29 is 14.3 Å². The number of nitrogens with zero attached hydrogens (tertiary/aromatic N) is 1. The maximum Gasteiger partial charge on any atom is 0.248 e. The van der Waals surface area contributed by atoms with Gasteiger partial charge in [-0.2, -0.15) is 0 Å². The number of likely N-dealkylation sites (tertiary alicyclic amines) is 1. The summed E-state index contributed by atoms with van der Waals surface area (Å²) < 4.78 is 12.0. The summed E-state index contributed by atoms with van der Waals surface area (Å²) in [7, 11) is 0. The van der Waals surface area contributed by atoms with Gasteiger partial charge in [-0.15, -0.1) is 0 Å². The van der Waals surface area contributed by atoms with Crippen molar-refractivity contribution in [3.63, 3.8) is 0 Å². The minimum absolute atomic E-state index is 0.0164. The minimum Gasteiger partial charge on any atom is -0.379 e. The summed E-state index contributed by atoms with van der Waals surface area (Å²) in [5.74, 6) is 1.07. The van der Waals surface area contributed by atoms with E-state index in [-0.39, 0.29) is 11.3 Å². The van der Waals surface area contributed by atoms with E-state index >= 15 is 0 Å². The van der Waals surface area contributed by atoms with Crippen molar-refractivity contribution >= 4 is 5.91 Å². The van der Waals surface area contributed by atoms with Gasteiger partial charge >= 0.3 is 0 Å². The SMILES string of the molecule is NC(=O)c1ccc2c(c1)[C@]13CCN(CC4CC4)[C@H](C2)[C@@H]1CCOCCOC3. The van der Waals surface area contributed by atoms with Crippen LogP contribution in [0.15, 0.2) is 18.2 Å². The number of hydrogen-bond donors (Lipinski definition) is 1. The van der Waals surface area contributed by atoms with E-state index in [1.54, 1.807) is 0 Å². The van der Waals surface area contributed by atoms with Crippen LogP contribution in [0.1, 0.15) is 47.2 Å². The molecule has 3 atom stereocenters. The number of amides is 1. The van der Waals surface area contributed by atoms with Gasteiger partial charge in [-0.05, 0) is 73.7 Å². The van der Waals surface area contributed by atoms with Gasteiger partial charge in [0, 0.05) is 30.2 Å². The second kappa shape index (κ2) is 6.87. The van der Waals surface area contributed by atoms with Crippen LogP contribution >= 0.6 is 0 Å². The molecule has 1 aromatic carbocycles. The van der Waals surface area contributed by atoms with Crippen LogP contribution in [0, 0.1) is 11.8 Å². The predicted molar refractivity (Wildman–Crippen MR) is 103 cm³/mol. The van der Waals surface area contributed by atoms with Crippen molar-refractivity contribution in [3.8, 4) is 0 Å². The molecule has 2 N–H and O–H groups in total. The number of carbonyl (C=O) groups excluding carboxylic acids is 1. The standard InChI is InChI=1S/C22H30N2O3/c23-21(25)17-4-3-16-12-20-18-5-8-26-9-10-27-14-22(18,19(16)11-17)6-7-24(20)13-15-1-2-15/h3-4,11,15,18,20H,1-2,5-10,12-14H2,(H2,23,25)/t18-,20+,22-/m0/s1. The first-order valence-electron chi connectivity index (χ1n) is 10.5. The molecule has 1 saturated carbocycles. The summed E-state index contributed by atoms with van der Waals surface area (Å²) in [5.41, 5.74) is 8.91. The van der Waals surface area contributed by atoms with Crippen LogP contribution in [-0.4, -0.2) is 56.4 Å². The minimum atomic E-state index is -0.341. The number of fused-ring (bicyclic) bond motifs is 1. The molecule has 0 radical (unpaired) electrons. The Morgan fingerprint density at radius 2 is 2.04 bits per heavy atom. The lowest BCUT2D eigenvalue weighted by Crippen LogP contribution is -2.62. The smallest absolute Gasteiger partial charge is 0.248 e. The van der Waals surface area contributed by atoms with E-state index in [0.29, 0.717) is 30.7 Å². The van der Waals surface area contributed by atoms with Gasteiger partial charge < -0.3 is 15.2 Å². The number of nitrogens with two attached hydrogens (primary N) is 1. The average Bonchev–Trinajstić information content (AvgIpc) is 3.46. The maximum absolute atomic E-state index is 11.8. The van der Waals surface area contributed by atoms with Crippen LogP contribution in [0.3, 0.4) is 0 Å². The first kappa shape index (κ1) is 17.7. The average molecular weight is 370 g/mol. The Bertz CT molecular complexity index is 732. The summed E-state index contributed by atoms with van der Waals surface area (Å²) in [4.78, 5) is 14.6. The number of hydrogen-bond acceptors (Lipinski definition) is 4. The summed E-state index contributed by atoms with van der Waals surface area (Å²) >= 11 is 0. The fourth-order valence-electron chi connectivity index (χ4n) is 5.79. The van der Waals surface area contributed by atoms with E-state index in [9.17, 15) is 4.79 Å². The molecule has 4 aliphatic rings. The van der Waals surface area contributed by atoms with Crippen LogP contribution in [0.2, 0.25) is 0 Å². The highest BCUT2D eigenvalue weighted by molar-refractivity contribution is 5.93. The van der Waals surface area contributed by atoms with Crippen molar-refractivity contribution in [1.29, 1.82) is 0 Å². The molecule has 0 unspecified atom stereocenters. The van der Waals surface area contributed by atoms with Crippen molar-refractivity contribution in [2.45, 2.75) is 43.6 Å². The van der Waals surface area contributed by atoms with Crippen molar-refractivity contribution in [1.82, 2.24) is 4.90 Å². The molecule has 3 fully saturated rings. The molecule has 5 nitrogen and oxygen atoms in total. The molecule has 1 aromatic rings. The third-order valence-corrected chi connectivity index (χ3v) is 7.34. The lowest BCUT2D eigenvalue weighted by molar-refractivity contribution is -0.0344. The largest absolute Gasteiger partial charge is 0.379 e. The van der Waals surface area contributed by atoms with Crippen molar-refractivity contribution in [2.75, 3.05) is 39.5 Å². The van der Waals surface area contributed by atoms with Gasteiger partial charge in [0.2, 0.25) is 5.91 Å². The zero-order valence-electron chi connectivity index (χ0n) is 16.0. The van der Waals surface area contributed by atoms with E-state index in [4.69, 9.17) is 15.2 Å². The van der Waals surface area contributed by atoms with Crippen LogP contribution in [0.5, 0.6) is 0 Å². The van der Waals surface area contributed by atoms with Crippen LogP contribution in [0.25, 0.3) is 0 Å². The second-order valence-corrected chi connectivity index (χ2v) is 8.91. The summed E-state index contributed by atoms with van der Waals surface area (Å²) in [5, 5.41) is 0. The van der Waals surface area contributed by atoms with E-state index < -0.39 is 0 Å². The Morgan fingerprint density at radius 3 is 2.85 bits per heavy atom. The van der Waals surface area contributed by atoms with Gasteiger partial charge in [0.15, 0.2) is 0 Å². The highest BCUT2D eigenvalue weighted by atomic mass is 16.5. The summed E-state index contributed by atoms with van der Waals surface area (Å²) in [6, 6.07) is 6.67. The predicted octanol–water partition coefficient (Wildman–Crippen LogP) is 2.12. The maximum atomic E-state index is 11.8. The molecular weight excluding hydrogens is 340 g/mol. The van der Waals surface area contributed by atoms with Gasteiger partial charge in [0.25, 0.3) is 0 Å². The number of piperidine rings is 1. The quantitative estimate of drug-likeness (QED) is 0.885. The number of rotatable bonds is 3. The van der Waals surface area contributed by atoms with Crippen molar-refractivity contribution in [2.24, 2.45) is 17.6 Å². The zero-order valence-corrected chi connectivity index (χ0v) is 16.0. The van der Waals surface area contributed by atoms with E-state index in [1.807, 2.05) is 6.07 Å². The number of benzene rings is 1.